The van der Waals surface area contributed by atoms with E-state index in [1.165, 1.54) is 4.90 Å². The first-order chi connectivity index (χ1) is 16.8. The van der Waals surface area contributed by atoms with Crippen molar-refractivity contribution in [1.29, 1.82) is 0 Å². The summed E-state index contributed by atoms with van der Waals surface area (Å²) >= 11 is 0. The molecular weight excluding hydrogens is 446 g/mol. The zero-order valence-corrected chi connectivity index (χ0v) is 20.9. The van der Waals surface area contributed by atoms with E-state index in [1.54, 1.807) is 0 Å². The number of carbonyl (C=O) groups excluding carboxylic acids is 3. The molecule has 0 aromatic heterocycles. The fourth-order valence-electron chi connectivity index (χ4n) is 4.50. The minimum atomic E-state index is -0.534. The molecule has 0 unspecified atom stereocenters. The molecule has 2 aromatic carbocycles. The van der Waals surface area contributed by atoms with Gasteiger partial charge in [0.1, 0.15) is 0 Å². The van der Waals surface area contributed by atoms with E-state index < -0.39 is 5.41 Å². The van der Waals surface area contributed by atoms with Crippen LogP contribution in [0.15, 0.2) is 30.3 Å². The lowest BCUT2D eigenvalue weighted by molar-refractivity contribution is -0.160. The van der Waals surface area contributed by atoms with Crippen molar-refractivity contribution in [3.05, 3.63) is 41.5 Å². The molecule has 2 heterocycles. The van der Waals surface area contributed by atoms with Gasteiger partial charge in [-0.25, -0.2) is 4.79 Å². The molecule has 4 rings (SSSR count). The second kappa shape index (κ2) is 10.7. The molecule has 2 amide bonds. The summed E-state index contributed by atoms with van der Waals surface area (Å²) in [6, 6.07) is 9.58. The molecule has 0 aliphatic carbocycles. The van der Waals surface area contributed by atoms with Crippen molar-refractivity contribution >= 4 is 34.2 Å². The quantitative estimate of drug-likeness (QED) is 0.330. The number of morpholine rings is 1. The van der Waals surface area contributed by atoms with E-state index in [0.717, 1.165) is 55.2 Å². The minimum Gasteiger partial charge on any atom is -0.378 e. The minimum absolute atomic E-state index is 0.219. The Bertz CT molecular complexity index is 1080. The topological polar surface area (TPSA) is 88.2 Å². The van der Waals surface area contributed by atoms with E-state index in [0.29, 0.717) is 37.4 Å². The number of hydrogen-bond acceptors (Lipinski definition) is 7. The van der Waals surface area contributed by atoms with Crippen molar-refractivity contribution in [2.45, 2.75) is 46.5 Å². The van der Waals surface area contributed by atoms with E-state index in [9.17, 15) is 14.4 Å². The van der Waals surface area contributed by atoms with Crippen molar-refractivity contribution < 1.29 is 24.0 Å². The number of carbonyl (C=O) groups is 3. The number of nitrogens with zero attached hydrogens (tertiary/aromatic N) is 2. The number of ether oxygens (including phenoxy) is 1. The summed E-state index contributed by atoms with van der Waals surface area (Å²) in [7, 11) is 0. The van der Waals surface area contributed by atoms with Crippen LogP contribution < -0.4 is 10.4 Å². The summed E-state index contributed by atoms with van der Waals surface area (Å²) in [5.41, 5.74) is 4.42. The highest BCUT2D eigenvalue weighted by molar-refractivity contribution is 6.26. The Kier molecular flexibility index (Phi) is 7.72. The first kappa shape index (κ1) is 25.1. The van der Waals surface area contributed by atoms with E-state index >= 15 is 0 Å². The highest BCUT2D eigenvalue weighted by Crippen LogP contribution is 2.36. The number of unbranched alkanes of at least 4 members (excludes halogenated alkanes) is 3. The molecule has 188 valence electrons. The fourth-order valence-corrected chi connectivity index (χ4v) is 4.50. The van der Waals surface area contributed by atoms with Crippen LogP contribution in [0.25, 0.3) is 10.8 Å². The monoisotopic (exact) mass is 481 g/mol. The molecule has 35 heavy (non-hydrogen) atoms. The van der Waals surface area contributed by atoms with Gasteiger partial charge in [0.15, 0.2) is 0 Å². The van der Waals surface area contributed by atoms with Crippen LogP contribution >= 0.6 is 0 Å². The molecule has 2 aliphatic heterocycles. The zero-order chi connectivity index (χ0) is 25.0. The summed E-state index contributed by atoms with van der Waals surface area (Å²) in [6.45, 7) is 9.32. The molecule has 2 aliphatic rings. The molecule has 0 radical (unpaired) electrons. The van der Waals surface area contributed by atoms with Gasteiger partial charge in [0, 0.05) is 53.8 Å². The lowest BCUT2D eigenvalue weighted by atomic mass is 9.92. The third-order valence-electron chi connectivity index (χ3n) is 6.51. The molecule has 1 saturated heterocycles. The first-order valence-electron chi connectivity index (χ1n) is 12.5. The predicted octanol–water partition coefficient (Wildman–Crippen LogP) is 3.93. The molecular formula is C27H35N3O5. The van der Waals surface area contributed by atoms with Crippen LogP contribution in [0.2, 0.25) is 0 Å². The van der Waals surface area contributed by atoms with Crippen molar-refractivity contribution in [2.75, 3.05) is 44.3 Å². The average Bonchev–Trinajstić information content (AvgIpc) is 2.85. The Labute approximate surface area is 206 Å². The number of nitrogens with one attached hydrogen (secondary N) is 1. The Morgan fingerprint density at radius 2 is 1.66 bits per heavy atom. The first-order valence-corrected chi connectivity index (χ1v) is 12.5. The maximum Gasteiger partial charge on any atom is 0.329 e. The van der Waals surface area contributed by atoms with Crippen LogP contribution in [0.4, 0.5) is 5.69 Å². The third kappa shape index (κ3) is 5.49. The molecule has 2 aromatic rings. The molecule has 8 heteroatoms. The van der Waals surface area contributed by atoms with Crippen LogP contribution in [0.5, 0.6) is 0 Å². The number of hydrogen-bond donors (Lipinski definition) is 1. The van der Waals surface area contributed by atoms with Gasteiger partial charge < -0.3 is 14.5 Å². The molecule has 0 atom stereocenters. The zero-order valence-electron chi connectivity index (χ0n) is 20.9. The molecule has 1 N–H and O–H groups in total. The number of imide groups is 1. The summed E-state index contributed by atoms with van der Waals surface area (Å²) in [5.74, 6) is -0.724. The average molecular weight is 482 g/mol. The molecule has 8 nitrogen and oxygen atoms in total. The Balaban J connectivity index is 1.33. The van der Waals surface area contributed by atoms with Crippen LogP contribution in [-0.2, 0) is 14.4 Å². The maximum atomic E-state index is 13.3. The Hall–Kier alpha value is -2.97. The van der Waals surface area contributed by atoms with Gasteiger partial charge in [-0.3, -0.25) is 14.5 Å². The summed E-state index contributed by atoms with van der Waals surface area (Å²) < 4.78 is 5.48. The number of benzene rings is 2. The second-order valence-corrected chi connectivity index (χ2v) is 10.2. The van der Waals surface area contributed by atoms with Gasteiger partial charge in [-0.1, -0.05) is 25.0 Å². The number of anilines is 1. The van der Waals surface area contributed by atoms with Crippen molar-refractivity contribution in [3.63, 3.8) is 0 Å². The van der Waals surface area contributed by atoms with Gasteiger partial charge in [0.05, 0.1) is 18.6 Å². The SMILES string of the molecule is CC(C)(C)C(=O)ONCCCCCCN1C(=O)c2cccc3c(N4CCOCC4)ccc(c23)C1=O. The number of amides is 2. The van der Waals surface area contributed by atoms with Gasteiger partial charge in [-0.05, 0) is 51.8 Å². The smallest absolute Gasteiger partial charge is 0.329 e. The normalized spacial score (nSPS) is 16.2. The molecule has 0 saturated carbocycles. The van der Waals surface area contributed by atoms with E-state index in [2.05, 4.69) is 10.4 Å². The van der Waals surface area contributed by atoms with Crippen LogP contribution in [0.1, 0.15) is 67.2 Å². The standard InChI is InChI=1S/C27H35N3O5/c1-27(2,3)26(33)35-28-13-6-4-5-7-14-30-24(31)20-10-8-9-19-22(29-15-17-34-18-16-29)12-11-21(23(19)20)25(30)32/h8-12,28H,4-7,13-18H2,1-3H3. The maximum absolute atomic E-state index is 13.3. The summed E-state index contributed by atoms with van der Waals surface area (Å²) in [6.07, 6.45) is 3.35. The van der Waals surface area contributed by atoms with Crippen LogP contribution in [-0.4, -0.2) is 62.1 Å². The number of rotatable bonds is 9. The van der Waals surface area contributed by atoms with Gasteiger partial charge in [-0.2, -0.15) is 5.48 Å². The van der Waals surface area contributed by atoms with Gasteiger partial charge in [0.2, 0.25) is 0 Å². The molecule has 1 fully saturated rings. The van der Waals surface area contributed by atoms with E-state index in [4.69, 9.17) is 9.57 Å². The van der Waals surface area contributed by atoms with Crippen LogP contribution in [0, 0.1) is 5.41 Å². The molecule has 0 bridgehead atoms. The Morgan fingerprint density at radius 3 is 2.37 bits per heavy atom. The van der Waals surface area contributed by atoms with E-state index in [-0.39, 0.29) is 17.8 Å². The Morgan fingerprint density at radius 1 is 0.971 bits per heavy atom. The van der Waals surface area contributed by atoms with Gasteiger partial charge >= 0.3 is 5.97 Å². The van der Waals surface area contributed by atoms with E-state index in [1.807, 2.05) is 51.1 Å². The molecule has 0 spiro atoms. The van der Waals surface area contributed by atoms with Crippen molar-refractivity contribution in [2.24, 2.45) is 5.41 Å². The summed E-state index contributed by atoms with van der Waals surface area (Å²) in [5, 5.41) is 1.71. The second-order valence-electron chi connectivity index (χ2n) is 10.2. The van der Waals surface area contributed by atoms with Crippen molar-refractivity contribution in [1.82, 2.24) is 10.4 Å². The third-order valence-corrected chi connectivity index (χ3v) is 6.51. The van der Waals surface area contributed by atoms with Crippen LogP contribution in [0.3, 0.4) is 0 Å². The van der Waals surface area contributed by atoms with Gasteiger partial charge in [-0.15, -0.1) is 0 Å². The largest absolute Gasteiger partial charge is 0.378 e. The highest BCUT2D eigenvalue weighted by atomic mass is 16.7. The fraction of sp³-hybridized carbons (Fsp3) is 0.519. The highest BCUT2D eigenvalue weighted by Gasteiger charge is 2.33. The van der Waals surface area contributed by atoms with Crippen molar-refractivity contribution in [3.8, 4) is 0 Å². The lowest BCUT2D eigenvalue weighted by Gasteiger charge is -2.32. The lowest BCUT2D eigenvalue weighted by Crippen LogP contribution is -2.41. The summed E-state index contributed by atoms with van der Waals surface area (Å²) in [4.78, 5) is 46.9. The number of hydroxylamine groups is 1. The predicted molar refractivity (Wildman–Crippen MR) is 134 cm³/mol. The van der Waals surface area contributed by atoms with Gasteiger partial charge in [0.25, 0.3) is 11.8 Å².